The van der Waals surface area contributed by atoms with Crippen LogP contribution in [0.5, 0.6) is 0 Å². The Hall–Kier alpha value is -0.810. The van der Waals surface area contributed by atoms with Gasteiger partial charge in [-0.2, -0.15) is 0 Å². The number of carboxylic acid groups (broad SMARTS) is 1. The average molecular weight is 293 g/mol. The van der Waals surface area contributed by atoms with E-state index >= 15 is 0 Å². The van der Waals surface area contributed by atoms with E-state index in [9.17, 15) is 9.59 Å². The molecule has 0 aliphatic rings. The maximum absolute atomic E-state index is 11.4. The van der Waals surface area contributed by atoms with Crippen LogP contribution in [-0.4, -0.2) is 35.4 Å². The number of carbonyl (C=O) groups is 2. The highest BCUT2D eigenvalue weighted by molar-refractivity contribution is 6.17. The van der Waals surface area contributed by atoms with E-state index in [1.54, 1.807) is 0 Å². The number of rotatable bonds is 12. The molecule has 1 atom stereocenters. The molecule has 4 N–H and O–H groups in total. The lowest BCUT2D eigenvalue weighted by molar-refractivity contribution is -0.138. The van der Waals surface area contributed by atoms with E-state index in [1.807, 2.05) is 0 Å². The quantitative estimate of drug-likeness (QED) is 0.378. The number of hydrogen-bond donors (Lipinski definition) is 3. The molecule has 0 saturated heterocycles. The number of aliphatic carboxylic acids is 1. The highest BCUT2D eigenvalue weighted by atomic mass is 35.5. The van der Waals surface area contributed by atoms with Crippen LogP contribution in [0.25, 0.3) is 0 Å². The van der Waals surface area contributed by atoms with E-state index in [0.29, 0.717) is 31.7 Å². The number of alkyl halides is 1. The topological polar surface area (TPSA) is 92.4 Å². The van der Waals surface area contributed by atoms with Crippen molar-refractivity contribution in [3.05, 3.63) is 0 Å². The Morgan fingerprint density at radius 3 is 2.42 bits per heavy atom. The number of nitrogens with two attached hydrogens (primary N) is 1. The predicted molar refractivity (Wildman–Crippen MR) is 76.3 cm³/mol. The van der Waals surface area contributed by atoms with E-state index < -0.39 is 12.0 Å². The van der Waals surface area contributed by atoms with E-state index in [2.05, 4.69) is 5.32 Å². The lowest BCUT2D eigenvalue weighted by Crippen LogP contribution is -2.30. The van der Waals surface area contributed by atoms with Crippen molar-refractivity contribution >= 4 is 23.5 Å². The number of carbonyl (C=O) groups excluding carboxylic acids is 1. The average Bonchev–Trinajstić information content (AvgIpc) is 2.37. The zero-order chi connectivity index (χ0) is 14.5. The molecule has 5 nitrogen and oxygen atoms in total. The first-order valence-corrected chi connectivity index (χ1v) is 7.42. The molecular formula is C13H25ClN2O3. The van der Waals surface area contributed by atoms with Gasteiger partial charge in [0, 0.05) is 18.8 Å². The van der Waals surface area contributed by atoms with Crippen molar-refractivity contribution in [2.24, 2.45) is 5.73 Å². The van der Waals surface area contributed by atoms with E-state index in [-0.39, 0.29) is 5.91 Å². The summed E-state index contributed by atoms with van der Waals surface area (Å²) in [4.78, 5) is 21.9. The van der Waals surface area contributed by atoms with Crippen LogP contribution in [0.15, 0.2) is 0 Å². The van der Waals surface area contributed by atoms with Crippen LogP contribution in [0, 0.1) is 0 Å². The SMILES string of the molecule is N[C@@H](CCCCNC(=O)CCCCCCCl)C(=O)O. The van der Waals surface area contributed by atoms with Crippen LogP contribution < -0.4 is 11.1 Å². The second kappa shape index (κ2) is 12.2. The first kappa shape index (κ1) is 18.2. The Morgan fingerprint density at radius 2 is 1.79 bits per heavy atom. The molecule has 6 heteroatoms. The van der Waals surface area contributed by atoms with Crippen molar-refractivity contribution in [3.8, 4) is 0 Å². The fraction of sp³-hybridized carbons (Fsp3) is 0.846. The lowest BCUT2D eigenvalue weighted by Gasteiger charge is -2.07. The summed E-state index contributed by atoms with van der Waals surface area (Å²) in [7, 11) is 0. The van der Waals surface area contributed by atoms with Crippen LogP contribution in [0.1, 0.15) is 51.4 Å². The fourth-order valence-electron chi connectivity index (χ4n) is 1.66. The van der Waals surface area contributed by atoms with Crippen molar-refractivity contribution in [2.45, 2.75) is 57.4 Å². The Kier molecular flexibility index (Phi) is 11.7. The maximum atomic E-state index is 11.4. The zero-order valence-corrected chi connectivity index (χ0v) is 12.1. The van der Waals surface area contributed by atoms with Gasteiger partial charge in [0.25, 0.3) is 0 Å². The van der Waals surface area contributed by atoms with Crippen molar-refractivity contribution < 1.29 is 14.7 Å². The Labute approximate surface area is 119 Å². The number of halogens is 1. The second-order valence-electron chi connectivity index (χ2n) is 4.64. The fourth-order valence-corrected chi connectivity index (χ4v) is 1.85. The molecule has 0 aromatic carbocycles. The number of nitrogens with one attached hydrogen (secondary N) is 1. The smallest absolute Gasteiger partial charge is 0.320 e. The largest absolute Gasteiger partial charge is 0.480 e. The number of unbranched alkanes of at least 4 members (excludes halogenated alkanes) is 4. The Morgan fingerprint density at radius 1 is 1.11 bits per heavy atom. The summed E-state index contributed by atoms with van der Waals surface area (Å²) in [6.07, 6.45) is 6.49. The van der Waals surface area contributed by atoms with Gasteiger partial charge < -0.3 is 16.2 Å². The third-order valence-corrected chi connectivity index (χ3v) is 3.14. The van der Waals surface area contributed by atoms with Crippen molar-refractivity contribution in [3.63, 3.8) is 0 Å². The van der Waals surface area contributed by atoms with Crippen molar-refractivity contribution in [2.75, 3.05) is 12.4 Å². The summed E-state index contributed by atoms with van der Waals surface area (Å²) >= 11 is 5.56. The molecule has 0 aromatic rings. The highest BCUT2D eigenvalue weighted by Crippen LogP contribution is 2.04. The monoisotopic (exact) mass is 292 g/mol. The minimum Gasteiger partial charge on any atom is -0.480 e. The van der Waals surface area contributed by atoms with E-state index in [0.717, 1.165) is 32.1 Å². The molecule has 0 saturated carbocycles. The first-order valence-electron chi connectivity index (χ1n) is 6.89. The molecule has 0 aromatic heterocycles. The summed E-state index contributed by atoms with van der Waals surface area (Å²) in [5.41, 5.74) is 5.37. The molecule has 0 heterocycles. The molecule has 0 spiro atoms. The van der Waals surface area contributed by atoms with Crippen LogP contribution in [-0.2, 0) is 9.59 Å². The zero-order valence-electron chi connectivity index (χ0n) is 11.4. The van der Waals surface area contributed by atoms with E-state index in [4.69, 9.17) is 22.4 Å². The third kappa shape index (κ3) is 12.0. The van der Waals surface area contributed by atoms with Crippen molar-refractivity contribution in [1.82, 2.24) is 5.32 Å². The molecule has 0 radical (unpaired) electrons. The molecule has 0 fully saturated rings. The number of carboxylic acids is 1. The van der Waals surface area contributed by atoms with Gasteiger partial charge in [-0.05, 0) is 32.1 Å². The molecule has 0 aliphatic heterocycles. The summed E-state index contributed by atoms with van der Waals surface area (Å²) in [5.74, 6) is -0.223. The molecule has 1 amide bonds. The summed E-state index contributed by atoms with van der Waals surface area (Å²) in [6, 6.07) is -0.794. The van der Waals surface area contributed by atoms with Gasteiger partial charge in [0.15, 0.2) is 0 Å². The minimum atomic E-state index is -0.971. The van der Waals surface area contributed by atoms with Crippen molar-refractivity contribution in [1.29, 1.82) is 0 Å². The molecule has 112 valence electrons. The van der Waals surface area contributed by atoms with E-state index in [1.165, 1.54) is 0 Å². The lowest BCUT2D eigenvalue weighted by atomic mass is 10.1. The number of amides is 1. The third-order valence-electron chi connectivity index (χ3n) is 2.87. The molecule has 19 heavy (non-hydrogen) atoms. The number of hydrogen-bond acceptors (Lipinski definition) is 3. The van der Waals surface area contributed by atoms with Crippen LogP contribution in [0.4, 0.5) is 0 Å². The van der Waals surface area contributed by atoms with Gasteiger partial charge in [-0.15, -0.1) is 11.6 Å². The van der Waals surface area contributed by atoms with Gasteiger partial charge in [0.05, 0.1) is 0 Å². The van der Waals surface area contributed by atoms with Gasteiger partial charge in [0.2, 0.25) is 5.91 Å². The second-order valence-corrected chi connectivity index (χ2v) is 5.02. The Bertz CT molecular complexity index is 262. The summed E-state index contributed by atoms with van der Waals surface area (Å²) in [6.45, 7) is 0.590. The minimum absolute atomic E-state index is 0.0633. The molecule has 0 unspecified atom stereocenters. The van der Waals surface area contributed by atoms with Gasteiger partial charge in [-0.25, -0.2) is 0 Å². The molecule has 0 bridgehead atoms. The van der Waals surface area contributed by atoms with Gasteiger partial charge in [0.1, 0.15) is 6.04 Å². The predicted octanol–water partition coefficient (Wildman–Crippen LogP) is 1.87. The van der Waals surface area contributed by atoms with Gasteiger partial charge >= 0.3 is 5.97 Å². The summed E-state index contributed by atoms with van der Waals surface area (Å²) < 4.78 is 0. The van der Waals surface area contributed by atoms with Crippen LogP contribution in [0.2, 0.25) is 0 Å². The maximum Gasteiger partial charge on any atom is 0.320 e. The molecule has 0 aliphatic carbocycles. The van der Waals surface area contributed by atoms with Gasteiger partial charge in [-0.1, -0.05) is 12.8 Å². The standard InChI is InChI=1S/C13H25ClN2O3/c14-9-5-2-1-3-8-12(17)16-10-6-4-7-11(15)13(18)19/h11H,1-10,15H2,(H,16,17)(H,18,19)/t11-/m0/s1. The normalized spacial score (nSPS) is 12.1. The Balaban J connectivity index is 3.31. The molecule has 0 rings (SSSR count). The van der Waals surface area contributed by atoms with Crippen LogP contribution >= 0.6 is 11.6 Å². The highest BCUT2D eigenvalue weighted by Gasteiger charge is 2.10. The first-order chi connectivity index (χ1) is 9.07. The van der Waals surface area contributed by atoms with Gasteiger partial charge in [-0.3, -0.25) is 9.59 Å². The summed E-state index contributed by atoms with van der Waals surface area (Å²) in [5, 5.41) is 11.4. The van der Waals surface area contributed by atoms with Crippen LogP contribution in [0.3, 0.4) is 0 Å². The molecular weight excluding hydrogens is 268 g/mol.